The van der Waals surface area contributed by atoms with Gasteiger partial charge in [0.25, 0.3) is 11.7 Å². The number of nitrogens with one attached hydrogen (secondary N) is 1. The summed E-state index contributed by atoms with van der Waals surface area (Å²) in [4.78, 5) is 38.0. The molecule has 2 aliphatic rings. The van der Waals surface area contributed by atoms with Crippen molar-refractivity contribution >= 4 is 17.6 Å². The summed E-state index contributed by atoms with van der Waals surface area (Å²) in [7, 11) is 2.09. The summed E-state index contributed by atoms with van der Waals surface area (Å²) in [5.74, 6) is 0.650. The molecular weight excluding hydrogens is 358 g/mol. The second-order valence-electron chi connectivity index (χ2n) is 8.17. The fourth-order valence-corrected chi connectivity index (χ4v) is 4.29. The third-order valence-corrected chi connectivity index (χ3v) is 6.11. The number of carbonyl (C=O) groups is 2. The third-order valence-electron chi connectivity index (χ3n) is 6.11. The van der Waals surface area contributed by atoms with Crippen LogP contribution in [0.1, 0.15) is 55.2 Å². The maximum absolute atomic E-state index is 13.3. The molecule has 4 heterocycles. The Balaban J connectivity index is 1.63. The van der Waals surface area contributed by atoms with E-state index in [-0.39, 0.29) is 23.3 Å². The van der Waals surface area contributed by atoms with Crippen LogP contribution in [0.3, 0.4) is 0 Å². The van der Waals surface area contributed by atoms with Gasteiger partial charge in [-0.1, -0.05) is 13.8 Å². The summed E-state index contributed by atoms with van der Waals surface area (Å²) in [6, 6.07) is 1.83. The Bertz CT molecular complexity index is 909. The van der Waals surface area contributed by atoms with Crippen molar-refractivity contribution in [1.82, 2.24) is 34.7 Å². The number of nitrogens with zero attached hydrogens (tertiary/aromatic N) is 6. The van der Waals surface area contributed by atoms with Gasteiger partial charge in [0.05, 0.1) is 5.69 Å². The molecule has 0 aromatic carbocycles. The molecule has 2 aromatic heterocycles. The normalized spacial score (nSPS) is 24.0. The highest BCUT2D eigenvalue weighted by molar-refractivity contribution is 5.93. The molecule has 0 radical (unpaired) electrons. The first-order valence-electron chi connectivity index (χ1n) is 9.87. The summed E-state index contributed by atoms with van der Waals surface area (Å²) in [5.41, 5.74) is 1.15. The van der Waals surface area contributed by atoms with Crippen molar-refractivity contribution < 1.29 is 9.59 Å². The number of hydrogen-bond acceptors (Lipinski definition) is 6. The van der Waals surface area contributed by atoms with Crippen LogP contribution in [0.25, 0.3) is 5.78 Å². The lowest BCUT2D eigenvalue weighted by atomic mass is 9.86. The maximum atomic E-state index is 13.3. The average molecular weight is 385 g/mol. The maximum Gasteiger partial charge on any atom is 0.272 e. The van der Waals surface area contributed by atoms with E-state index < -0.39 is 0 Å². The van der Waals surface area contributed by atoms with Crippen molar-refractivity contribution in [2.45, 2.75) is 44.6 Å². The highest BCUT2D eigenvalue weighted by Crippen LogP contribution is 2.31. The zero-order valence-electron chi connectivity index (χ0n) is 16.7. The fourth-order valence-electron chi connectivity index (χ4n) is 4.29. The predicted molar refractivity (Wildman–Crippen MR) is 103 cm³/mol. The number of likely N-dealkylation sites (N-methyl/N-ethyl adjacent to an activating group) is 1. The first-order chi connectivity index (χ1) is 13.4. The van der Waals surface area contributed by atoms with Crippen molar-refractivity contribution in [3.63, 3.8) is 0 Å². The van der Waals surface area contributed by atoms with Crippen LogP contribution in [-0.4, -0.2) is 80.0 Å². The number of rotatable bonds is 2. The standard InChI is InChI=1S/C19H27N7O2/c1-13(2)15-10-14(23-18-21-12-22-26(15)18)17(28)25-9-8-24(3)19(11-25)5-4-16(27)20-7-6-19/h10,12-13H,4-9,11H2,1-3H3,(H,20,27)/t19-/m1/s1. The number of amides is 2. The molecule has 2 amide bonds. The zero-order valence-corrected chi connectivity index (χ0v) is 16.7. The van der Waals surface area contributed by atoms with Crippen LogP contribution in [0.5, 0.6) is 0 Å². The summed E-state index contributed by atoms with van der Waals surface area (Å²) in [6.07, 6.45) is 3.55. The molecule has 0 aliphatic carbocycles. The number of hydrogen-bond donors (Lipinski definition) is 1. The van der Waals surface area contributed by atoms with Gasteiger partial charge < -0.3 is 10.2 Å². The highest BCUT2D eigenvalue weighted by atomic mass is 16.2. The SMILES string of the molecule is CC(C)c1cc(C(=O)N2CCN(C)[C@]3(CCNC(=O)CC3)C2)nc2ncnn12. The van der Waals surface area contributed by atoms with Gasteiger partial charge in [-0.25, -0.2) is 9.50 Å². The van der Waals surface area contributed by atoms with Crippen LogP contribution in [0.15, 0.2) is 12.4 Å². The highest BCUT2D eigenvalue weighted by Gasteiger charge is 2.42. The molecule has 0 unspecified atom stereocenters. The molecule has 1 spiro atoms. The van der Waals surface area contributed by atoms with E-state index in [1.807, 2.05) is 11.0 Å². The molecular formula is C19H27N7O2. The third kappa shape index (κ3) is 3.23. The van der Waals surface area contributed by atoms with Crippen molar-refractivity contribution in [2.24, 2.45) is 0 Å². The smallest absolute Gasteiger partial charge is 0.272 e. The Morgan fingerprint density at radius 2 is 2.11 bits per heavy atom. The van der Waals surface area contributed by atoms with Crippen LogP contribution in [0.2, 0.25) is 0 Å². The fraction of sp³-hybridized carbons (Fsp3) is 0.632. The Morgan fingerprint density at radius 3 is 2.89 bits per heavy atom. The molecule has 28 heavy (non-hydrogen) atoms. The Morgan fingerprint density at radius 1 is 1.29 bits per heavy atom. The summed E-state index contributed by atoms with van der Waals surface area (Å²) in [6.45, 7) is 6.80. The van der Waals surface area contributed by atoms with Gasteiger partial charge in [-0.3, -0.25) is 14.5 Å². The molecule has 9 nitrogen and oxygen atoms in total. The lowest BCUT2D eigenvalue weighted by molar-refractivity contribution is -0.121. The summed E-state index contributed by atoms with van der Waals surface area (Å²) in [5, 5.41) is 7.17. The van der Waals surface area contributed by atoms with E-state index in [0.717, 1.165) is 25.1 Å². The Kier molecular flexibility index (Phi) is 4.78. The van der Waals surface area contributed by atoms with Crippen molar-refractivity contribution in [3.05, 3.63) is 23.8 Å². The van der Waals surface area contributed by atoms with Gasteiger partial charge in [0.1, 0.15) is 12.0 Å². The minimum Gasteiger partial charge on any atom is -0.356 e. The molecule has 2 saturated heterocycles. The van der Waals surface area contributed by atoms with E-state index in [0.29, 0.717) is 37.5 Å². The lowest BCUT2D eigenvalue weighted by Crippen LogP contribution is -2.62. The second kappa shape index (κ2) is 7.12. The van der Waals surface area contributed by atoms with Crippen molar-refractivity contribution in [1.29, 1.82) is 0 Å². The van der Waals surface area contributed by atoms with Crippen LogP contribution in [-0.2, 0) is 4.79 Å². The van der Waals surface area contributed by atoms with Crippen LogP contribution >= 0.6 is 0 Å². The number of piperazine rings is 1. The Hall–Kier alpha value is -2.55. The number of carbonyl (C=O) groups excluding carboxylic acids is 2. The molecule has 4 rings (SSSR count). The van der Waals surface area contributed by atoms with E-state index in [1.165, 1.54) is 6.33 Å². The molecule has 2 aliphatic heterocycles. The summed E-state index contributed by atoms with van der Waals surface area (Å²) < 4.78 is 1.69. The molecule has 0 bridgehead atoms. The summed E-state index contributed by atoms with van der Waals surface area (Å²) >= 11 is 0. The first-order valence-corrected chi connectivity index (χ1v) is 9.87. The quantitative estimate of drug-likeness (QED) is 0.817. The van der Waals surface area contributed by atoms with E-state index in [2.05, 4.69) is 46.2 Å². The molecule has 2 fully saturated rings. The van der Waals surface area contributed by atoms with Crippen LogP contribution < -0.4 is 5.32 Å². The zero-order chi connectivity index (χ0) is 19.9. The van der Waals surface area contributed by atoms with Crippen LogP contribution in [0, 0.1) is 0 Å². The Labute approximate surface area is 164 Å². The largest absolute Gasteiger partial charge is 0.356 e. The minimum absolute atomic E-state index is 0.0802. The van der Waals surface area contributed by atoms with Gasteiger partial charge in [-0.05, 0) is 31.9 Å². The van der Waals surface area contributed by atoms with Gasteiger partial charge in [0.15, 0.2) is 0 Å². The average Bonchev–Trinajstić information content (AvgIpc) is 3.07. The predicted octanol–water partition coefficient (Wildman–Crippen LogP) is 0.674. The van der Waals surface area contributed by atoms with Gasteiger partial charge in [-0.2, -0.15) is 10.1 Å². The molecule has 150 valence electrons. The van der Waals surface area contributed by atoms with E-state index >= 15 is 0 Å². The lowest BCUT2D eigenvalue weighted by Gasteiger charge is -2.49. The van der Waals surface area contributed by atoms with E-state index in [4.69, 9.17) is 0 Å². The van der Waals surface area contributed by atoms with Crippen molar-refractivity contribution in [2.75, 3.05) is 33.2 Å². The van der Waals surface area contributed by atoms with E-state index in [9.17, 15) is 9.59 Å². The van der Waals surface area contributed by atoms with Gasteiger partial charge in [0, 0.05) is 38.1 Å². The minimum atomic E-state index is -0.174. The van der Waals surface area contributed by atoms with Gasteiger partial charge in [0.2, 0.25) is 5.91 Å². The molecule has 0 saturated carbocycles. The molecule has 1 N–H and O–H groups in total. The number of fused-ring (bicyclic) bond motifs is 1. The second-order valence-corrected chi connectivity index (χ2v) is 8.17. The molecule has 9 heteroatoms. The monoisotopic (exact) mass is 385 g/mol. The topological polar surface area (TPSA) is 95.7 Å². The molecule has 1 atom stereocenters. The van der Waals surface area contributed by atoms with Gasteiger partial charge >= 0.3 is 0 Å². The van der Waals surface area contributed by atoms with Crippen molar-refractivity contribution in [3.8, 4) is 0 Å². The molecule has 2 aromatic rings. The number of aromatic nitrogens is 4. The van der Waals surface area contributed by atoms with Crippen LogP contribution in [0.4, 0.5) is 0 Å². The van der Waals surface area contributed by atoms with Gasteiger partial charge in [-0.15, -0.1) is 0 Å². The first kappa shape index (κ1) is 18.8. The van der Waals surface area contributed by atoms with E-state index in [1.54, 1.807) is 4.52 Å².